The van der Waals surface area contributed by atoms with Crippen LogP contribution in [-0.2, 0) is 19.1 Å². The summed E-state index contributed by atoms with van der Waals surface area (Å²) in [4.78, 5) is 24.0. The van der Waals surface area contributed by atoms with Crippen molar-refractivity contribution in [2.45, 2.75) is 12.5 Å². The van der Waals surface area contributed by atoms with Crippen molar-refractivity contribution in [3.8, 4) is 0 Å². The molecule has 0 bridgehead atoms. The Morgan fingerprint density at radius 1 is 1.31 bits per heavy atom. The molecule has 5 heteroatoms. The topological polar surface area (TPSA) is 55.6 Å². The van der Waals surface area contributed by atoms with Crippen LogP contribution < -0.4 is 0 Å². The summed E-state index contributed by atoms with van der Waals surface area (Å²) in [5.74, 6) is -0.759. The Kier molecular flexibility index (Phi) is 3.25. The summed E-state index contributed by atoms with van der Waals surface area (Å²) in [6, 6.07) is -0.461. The third-order valence-electron chi connectivity index (χ3n) is 1.98. The normalized spacial score (nSPS) is 17.7. The average molecular weight is 187 g/mol. The third kappa shape index (κ3) is 2.69. The number of esters is 2. The second-order valence-electron chi connectivity index (χ2n) is 2.86. The Balaban J connectivity index is 2.47. The molecule has 0 saturated carbocycles. The fourth-order valence-electron chi connectivity index (χ4n) is 1.11. The Morgan fingerprint density at radius 2 is 1.92 bits per heavy atom. The average Bonchev–Trinajstić information content (AvgIpc) is 2.95. The van der Waals surface area contributed by atoms with Gasteiger partial charge < -0.3 is 9.47 Å². The third-order valence-corrected chi connectivity index (χ3v) is 1.98. The zero-order valence-electron chi connectivity index (χ0n) is 7.78. The molecule has 5 nitrogen and oxygen atoms in total. The first-order chi connectivity index (χ1) is 6.19. The van der Waals surface area contributed by atoms with Gasteiger partial charge in [0.05, 0.1) is 20.6 Å². The minimum atomic E-state index is -0.461. The smallest absolute Gasteiger partial charge is 0.323 e. The molecule has 0 aromatic carbocycles. The second-order valence-corrected chi connectivity index (χ2v) is 2.86. The van der Waals surface area contributed by atoms with Gasteiger partial charge in [0.25, 0.3) is 0 Å². The fourth-order valence-corrected chi connectivity index (χ4v) is 1.11. The van der Waals surface area contributed by atoms with Crippen LogP contribution in [-0.4, -0.2) is 50.2 Å². The lowest BCUT2D eigenvalue weighted by atomic mass is 10.2. The van der Waals surface area contributed by atoms with Crippen molar-refractivity contribution in [1.82, 2.24) is 4.90 Å². The minimum absolute atomic E-state index is 0.0726. The first-order valence-corrected chi connectivity index (χ1v) is 4.07. The van der Waals surface area contributed by atoms with Crippen molar-refractivity contribution in [2.75, 3.05) is 27.3 Å². The Bertz CT molecular complexity index is 212. The van der Waals surface area contributed by atoms with Gasteiger partial charge in [0.2, 0.25) is 0 Å². The maximum Gasteiger partial charge on any atom is 0.323 e. The van der Waals surface area contributed by atoms with Crippen LogP contribution in [0.1, 0.15) is 6.42 Å². The Hall–Kier alpha value is -1.10. The second kappa shape index (κ2) is 4.23. The monoisotopic (exact) mass is 187 g/mol. The van der Waals surface area contributed by atoms with Crippen LogP contribution >= 0.6 is 0 Å². The van der Waals surface area contributed by atoms with Gasteiger partial charge in [-0.1, -0.05) is 0 Å². The molecule has 1 aliphatic rings. The van der Waals surface area contributed by atoms with E-state index in [0.29, 0.717) is 0 Å². The van der Waals surface area contributed by atoms with Crippen molar-refractivity contribution >= 4 is 11.9 Å². The predicted molar refractivity (Wildman–Crippen MR) is 44.0 cm³/mol. The highest BCUT2D eigenvalue weighted by molar-refractivity contribution is 5.82. The number of ether oxygens (including phenoxy) is 2. The molecule has 0 aliphatic carbocycles. The molecule has 1 fully saturated rings. The van der Waals surface area contributed by atoms with Crippen molar-refractivity contribution in [3.05, 3.63) is 0 Å². The number of hydrogen-bond donors (Lipinski definition) is 0. The highest BCUT2D eigenvalue weighted by Crippen LogP contribution is 2.15. The Labute approximate surface area is 76.6 Å². The van der Waals surface area contributed by atoms with Gasteiger partial charge in [-0.25, -0.2) is 0 Å². The molecule has 0 aromatic heterocycles. The quantitative estimate of drug-likeness (QED) is 0.435. The van der Waals surface area contributed by atoms with Crippen LogP contribution in [0.2, 0.25) is 0 Å². The van der Waals surface area contributed by atoms with E-state index >= 15 is 0 Å². The fraction of sp³-hybridized carbons (Fsp3) is 0.750. The van der Waals surface area contributed by atoms with Gasteiger partial charge in [0, 0.05) is 13.1 Å². The Morgan fingerprint density at radius 3 is 2.31 bits per heavy atom. The van der Waals surface area contributed by atoms with E-state index in [1.807, 2.05) is 4.90 Å². The molecule has 74 valence electrons. The summed E-state index contributed by atoms with van der Waals surface area (Å²) in [5, 5.41) is 0. The number of rotatable bonds is 4. The maximum atomic E-state index is 11.2. The van der Waals surface area contributed by atoms with E-state index < -0.39 is 6.04 Å². The lowest BCUT2D eigenvalue weighted by molar-refractivity contribution is -0.151. The van der Waals surface area contributed by atoms with Crippen molar-refractivity contribution in [3.63, 3.8) is 0 Å². The van der Waals surface area contributed by atoms with Gasteiger partial charge in [-0.2, -0.15) is 0 Å². The largest absolute Gasteiger partial charge is 0.469 e. The molecule has 1 atom stereocenters. The zero-order chi connectivity index (χ0) is 9.84. The standard InChI is InChI=1S/C8H13NO4/c1-12-7(10)5-6(8(11)13-2)9-3-4-9/h6H,3-5H2,1-2H3. The zero-order valence-corrected chi connectivity index (χ0v) is 7.78. The molecule has 1 rings (SSSR count). The highest BCUT2D eigenvalue weighted by atomic mass is 16.5. The summed E-state index contributed by atoms with van der Waals surface area (Å²) in [6.45, 7) is 1.69. The van der Waals surface area contributed by atoms with Crippen molar-refractivity contribution in [1.29, 1.82) is 0 Å². The summed E-state index contributed by atoms with van der Waals surface area (Å²) in [7, 11) is 2.62. The van der Waals surface area contributed by atoms with Gasteiger partial charge in [-0.3, -0.25) is 14.5 Å². The SMILES string of the molecule is COC(=O)CC(C(=O)OC)N1CC1. The van der Waals surface area contributed by atoms with Crippen LogP contribution in [0.15, 0.2) is 0 Å². The summed E-state index contributed by atoms with van der Waals surface area (Å²) in [6.07, 6.45) is 0.0726. The lowest BCUT2D eigenvalue weighted by Gasteiger charge is -2.13. The summed E-state index contributed by atoms with van der Waals surface area (Å²) in [5.41, 5.74) is 0. The van der Waals surface area contributed by atoms with Gasteiger partial charge in [0.15, 0.2) is 0 Å². The van der Waals surface area contributed by atoms with E-state index in [2.05, 4.69) is 9.47 Å². The van der Waals surface area contributed by atoms with Crippen molar-refractivity contribution < 1.29 is 19.1 Å². The first-order valence-electron chi connectivity index (χ1n) is 4.07. The maximum absolute atomic E-state index is 11.2. The molecule has 0 N–H and O–H groups in total. The lowest BCUT2D eigenvalue weighted by Crippen LogP contribution is -2.33. The molecule has 0 aromatic rings. The van der Waals surface area contributed by atoms with E-state index in [1.165, 1.54) is 14.2 Å². The number of carbonyl (C=O) groups is 2. The molecule has 1 heterocycles. The molecule has 13 heavy (non-hydrogen) atoms. The van der Waals surface area contributed by atoms with Crippen molar-refractivity contribution in [2.24, 2.45) is 0 Å². The van der Waals surface area contributed by atoms with E-state index in [1.54, 1.807) is 0 Å². The van der Waals surface area contributed by atoms with Crippen LogP contribution in [0.5, 0.6) is 0 Å². The number of carbonyl (C=O) groups excluding carboxylic acids is 2. The van der Waals surface area contributed by atoms with E-state index in [-0.39, 0.29) is 18.4 Å². The highest BCUT2D eigenvalue weighted by Gasteiger charge is 2.35. The van der Waals surface area contributed by atoms with E-state index in [4.69, 9.17) is 0 Å². The number of methoxy groups -OCH3 is 2. The molecule has 1 aliphatic heterocycles. The van der Waals surface area contributed by atoms with Gasteiger partial charge in [-0.15, -0.1) is 0 Å². The molecule has 1 saturated heterocycles. The van der Waals surface area contributed by atoms with Gasteiger partial charge in [0.1, 0.15) is 6.04 Å². The van der Waals surface area contributed by atoms with Gasteiger partial charge >= 0.3 is 11.9 Å². The van der Waals surface area contributed by atoms with Crippen LogP contribution in [0.25, 0.3) is 0 Å². The molecule has 0 amide bonds. The van der Waals surface area contributed by atoms with E-state index in [0.717, 1.165) is 13.1 Å². The summed E-state index contributed by atoms with van der Waals surface area (Å²) >= 11 is 0. The van der Waals surface area contributed by atoms with Crippen LogP contribution in [0, 0.1) is 0 Å². The van der Waals surface area contributed by atoms with E-state index in [9.17, 15) is 9.59 Å². The summed E-state index contributed by atoms with van der Waals surface area (Å²) < 4.78 is 9.05. The number of nitrogens with zero attached hydrogens (tertiary/aromatic N) is 1. The first kappa shape index (κ1) is 9.98. The molecule has 0 spiro atoms. The minimum Gasteiger partial charge on any atom is -0.469 e. The molecular formula is C8H13NO4. The van der Waals surface area contributed by atoms with Crippen LogP contribution in [0.3, 0.4) is 0 Å². The molecule has 0 radical (unpaired) electrons. The predicted octanol–water partition coefficient (Wildman–Crippen LogP) is -0.593. The van der Waals surface area contributed by atoms with Crippen LogP contribution in [0.4, 0.5) is 0 Å². The molecular weight excluding hydrogens is 174 g/mol. The number of hydrogen-bond acceptors (Lipinski definition) is 5. The van der Waals surface area contributed by atoms with Gasteiger partial charge in [-0.05, 0) is 0 Å². The molecule has 1 unspecified atom stereocenters.